The minimum absolute atomic E-state index is 0.00280. The maximum Gasteiger partial charge on any atom is 0.257 e. The molecular formula is C19H22N2O3S. The zero-order chi connectivity index (χ0) is 17.2. The number of piperidine rings is 1. The fourth-order valence-corrected chi connectivity index (χ4v) is 4.68. The van der Waals surface area contributed by atoms with Crippen LogP contribution in [-0.2, 0) is 4.79 Å². The number of carbonyl (C=O) groups excluding carboxylic acids is 2. The Balaban J connectivity index is 1.37. The van der Waals surface area contributed by atoms with Gasteiger partial charge in [0.2, 0.25) is 5.91 Å². The van der Waals surface area contributed by atoms with Crippen molar-refractivity contribution in [3.05, 3.63) is 46.5 Å². The Morgan fingerprint density at radius 3 is 2.64 bits per heavy atom. The van der Waals surface area contributed by atoms with E-state index in [0.717, 1.165) is 32.2 Å². The van der Waals surface area contributed by atoms with Crippen LogP contribution in [0.5, 0.6) is 0 Å². The third-order valence-corrected chi connectivity index (χ3v) is 6.06. The highest BCUT2D eigenvalue weighted by Crippen LogP contribution is 2.35. The molecule has 4 rings (SSSR count). The van der Waals surface area contributed by atoms with E-state index in [9.17, 15) is 9.59 Å². The largest absolute Gasteiger partial charge is 0.472 e. The fourth-order valence-electron chi connectivity index (χ4n) is 3.97. The van der Waals surface area contributed by atoms with E-state index in [1.165, 1.54) is 18.1 Å². The lowest BCUT2D eigenvalue weighted by atomic mass is 9.94. The third-order valence-electron chi connectivity index (χ3n) is 5.36. The summed E-state index contributed by atoms with van der Waals surface area (Å²) in [6, 6.07) is 4.06. The van der Waals surface area contributed by atoms with E-state index < -0.39 is 0 Å². The van der Waals surface area contributed by atoms with Crippen LogP contribution in [0.3, 0.4) is 0 Å². The molecule has 0 aliphatic carbocycles. The Hall–Kier alpha value is -2.08. The average Bonchev–Trinajstić information content (AvgIpc) is 3.42. The maximum atomic E-state index is 13.0. The lowest BCUT2D eigenvalue weighted by molar-refractivity contribution is -0.137. The van der Waals surface area contributed by atoms with Gasteiger partial charge in [0.15, 0.2) is 0 Å². The van der Waals surface area contributed by atoms with E-state index in [2.05, 4.69) is 21.7 Å². The van der Waals surface area contributed by atoms with Crippen LogP contribution in [-0.4, -0.2) is 41.2 Å². The Labute approximate surface area is 151 Å². The molecule has 2 aliphatic heterocycles. The number of hydrogen-bond acceptors (Lipinski definition) is 4. The second-order valence-corrected chi connectivity index (χ2v) is 7.60. The number of carbonyl (C=O) groups is 2. The number of hydrogen-bond donors (Lipinski definition) is 0. The smallest absolute Gasteiger partial charge is 0.257 e. The fraction of sp³-hybridized carbons (Fsp3) is 0.474. The molecule has 0 aromatic carbocycles. The van der Waals surface area contributed by atoms with Gasteiger partial charge in [0.25, 0.3) is 5.91 Å². The van der Waals surface area contributed by atoms with Gasteiger partial charge in [-0.25, -0.2) is 0 Å². The van der Waals surface area contributed by atoms with Gasteiger partial charge in [-0.3, -0.25) is 9.59 Å². The van der Waals surface area contributed by atoms with Crippen molar-refractivity contribution in [1.29, 1.82) is 0 Å². The monoisotopic (exact) mass is 358 g/mol. The second kappa shape index (κ2) is 7.04. The van der Waals surface area contributed by atoms with Gasteiger partial charge in [-0.05, 0) is 54.1 Å². The van der Waals surface area contributed by atoms with E-state index in [1.54, 1.807) is 17.4 Å². The first-order valence-corrected chi connectivity index (χ1v) is 9.82. The molecule has 4 heterocycles. The predicted octanol–water partition coefficient (Wildman–Crippen LogP) is 3.56. The topological polar surface area (TPSA) is 53.8 Å². The minimum atomic E-state index is -0.00280. The number of rotatable bonds is 3. The van der Waals surface area contributed by atoms with Gasteiger partial charge in [0, 0.05) is 25.6 Å². The van der Waals surface area contributed by atoms with Crippen LogP contribution in [0.1, 0.15) is 47.6 Å². The van der Waals surface area contributed by atoms with E-state index in [-0.39, 0.29) is 23.8 Å². The maximum absolute atomic E-state index is 13.0. The molecule has 2 aromatic heterocycles. The first kappa shape index (κ1) is 16.4. The molecule has 2 saturated heterocycles. The summed E-state index contributed by atoms with van der Waals surface area (Å²) in [5.41, 5.74) is 1.85. The summed E-state index contributed by atoms with van der Waals surface area (Å²) in [4.78, 5) is 29.3. The molecule has 2 aliphatic rings. The first-order valence-electron chi connectivity index (χ1n) is 8.88. The molecule has 1 atom stereocenters. The van der Waals surface area contributed by atoms with Crippen molar-refractivity contribution in [2.45, 2.75) is 31.7 Å². The summed E-state index contributed by atoms with van der Waals surface area (Å²) in [5.74, 6) is 0.300. The number of furan rings is 1. The summed E-state index contributed by atoms with van der Waals surface area (Å²) in [7, 11) is 0. The average molecular weight is 358 g/mol. The molecule has 0 bridgehead atoms. The van der Waals surface area contributed by atoms with E-state index in [4.69, 9.17) is 4.42 Å². The van der Waals surface area contributed by atoms with Crippen LogP contribution in [0, 0.1) is 5.92 Å². The Bertz CT molecular complexity index is 718. The molecule has 2 fully saturated rings. The van der Waals surface area contributed by atoms with Crippen molar-refractivity contribution in [1.82, 2.24) is 9.80 Å². The van der Waals surface area contributed by atoms with Crippen LogP contribution in [0.25, 0.3) is 0 Å². The van der Waals surface area contributed by atoms with Crippen molar-refractivity contribution < 1.29 is 14.0 Å². The van der Waals surface area contributed by atoms with Crippen molar-refractivity contribution >= 4 is 23.2 Å². The summed E-state index contributed by atoms with van der Waals surface area (Å²) >= 11 is 1.69. The van der Waals surface area contributed by atoms with E-state index in [1.807, 2.05) is 4.90 Å². The van der Waals surface area contributed by atoms with Gasteiger partial charge < -0.3 is 14.2 Å². The van der Waals surface area contributed by atoms with Crippen LogP contribution in [0.15, 0.2) is 39.8 Å². The highest BCUT2D eigenvalue weighted by Gasteiger charge is 2.36. The zero-order valence-corrected chi connectivity index (χ0v) is 14.9. The third kappa shape index (κ3) is 3.23. The molecule has 0 unspecified atom stereocenters. The number of amides is 2. The van der Waals surface area contributed by atoms with E-state index in [0.29, 0.717) is 18.7 Å². The highest BCUT2D eigenvalue weighted by atomic mass is 32.1. The van der Waals surface area contributed by atoms with Crippen molar-refractivity contribution in [2.24, 2.45) is 5.92 Å². The Morgan fingerprint density at radius 1 is 1.12 bits per heavy atom. The lowest BCUT2D eigenvalue weighted by Crippen LogP contribution is -2.44. The summed E-state index contributed by atoms with van der Waals surface area (Å²) in [6.45, 7) is 2.13. The standard InChI is InChI=1S/C19H22N2O3S/c22-18(15-5-10-24-12-15)20-8-3-14(4-9-20)19(23)21-7-1-2-17(21)16-6-11-25-13-16/h5-6,10-14,17H,1-4,7-9H2/t17-/m1/s1. The number of thiophene rings is 1. The van der Waals surface area contributed by atoms with Crippen LogP contribution >= 0.6 is 11.3 Å². The van der Waals surface area contributed by atoms with Crippen molar-refractivity contribution in [2.75, 3.05) is 19.6 Å². The van der Waals surface area contributed by atoms with Gasteiger partial charge in [-0.15, -0.1) is 0 Å². The molecule has 2 aromatic rings. The lowest BCUT2D eigenvalue weighted by Gasteiger charge is -2.34. The van der Waals surface area contributed by atoms with Crippen molar-refractivity contribution in [3.8, 4) is 0 Å². The Kier molecular flexibility index (Phi) is 4.61. The van der Waals surface area contributed by atoms with Crippen LogP contribution in [0.4, 0.5) is 0 Å². The molecule has 0 spiro atoms. The molecule has 132 valence electrons. The summed E-state index contributed by atoms with van der Waals surface area (Å²) in [5, 5.41) is 4.23. The quantitative estimate of drug-likeness (QED) is 0.843. The number of likely N-dealkylation sites (tertiary alicyclic amines) is 2. The first-order chi connectivity index (χ1) is 12.2. The highest BCUT2D eigenvalue weighted by molar-refractivity contribution is 7.08. The van der Waals surface area contributed by atoms with Gasteiger partial charge in [0.05, 0.1) is 17.9 Å². The second-order valence-electron chi connectivity index (χ2n) is 6.82. The summed E-state index contributed by atoms with van der Waals surface area (Å²) < 4.78 is 4.99. The van der Waals surface area contributed by atoms with Gasteiger partial charge >= 0.3 is 0 Å². The molecule has 0 saturated carbocycles. The van der Waals surface area contributed by atoms with Crippen LogP contribution in [0.2, 0.25) is 0 Å². The Morgan fingerprint density at radius 2 is 1.96 bits per heavy atom. The van der Waals surface area contributed by atoms with Gasteiger partial charge in [-0.2, -0.15) is 11.3 Å². The number of nitrogens with zero attached hydrogens (tertiary/aromatic N) is 2. The van der Waals surface area contributed by atoms with E-state index >= 15 is 0 Å². The molecule has 25 heavy (non-hydrogen) atoms. The van der Waals surface area contributed by atoms with Gasteiger partial charge in [0.1, 0.15) is 6.26 Å². The summed E-state index contributed by atoms with van der Waals surface area (Å²) in [6.07, 6.45) is 6.62. The molecule has 5 nitrogen and oxygen atoms in total. The van der Waals surface area contributed by atoms with Gasteiger partial charge in [-0.1, -0.05) is 0 Å². The zero-order valence-electron chi connectivity index (χ0n) is 14.1. The molecule has 6 heteroatoms. The minimum Gasteiger partial charge on any atom is -0.472 e. The molecule has 0 radical (unpaired) electrons. The van der Waals surface area contributed by atoms with Crippen LogP contribution < -0.4 is 0 Å². The SMILES string of the molecule is O=C(c1ccoc1)N1CCC(C(=O)N2CCC[C@@H]2c2ccsc2)CC1. The molecule has 0 N–H and O–H groups in total. The molecular weight excluding hydrogens is 336 g/mol. The normalized spacial score (nSPS) is 21.7. The predicted molar refractivity (Wildman–Crippen MR) is 95.3 cm³/mol. The van der Waals surface area contributed by atoms with Crippen molar-refractivity contribution in [3.63, 3.8) is 0 Å². The molecule has 2 amide bonds.